The zero-order valence-electron chi connectivity index (χ0n) is 11.4. The van der Waals surface area contributed by atoms with Gasteiger partial charge in [-0.05, 0) is 24.6 Å². The number of aliphatic carboxylic acids is 1. The minimum Gasteiger partial charge on any atom is -0.483 e. The van der Waals surface area contributed by atoms with Crippen LogP contribution >= 0.6 is 0 Å². The molecule has 0 amide bonds. The van der Waals surface area contributed by atoms with Crippen LogP contribution in [0.3, 0.4) is 0 Å². The molecule has 1 heterocycles. The van der Waals surface area contributed by atoms with Crippen LogP contribution in [0.1, 0.15) is 28.9 Å². The molecule has 1 aliphatic heterocycles. The molecule has 3 rings (SSSR count). The predicted molar refractivity (Wildman–Crippen MR) is 76.3 cm³/mol. The number of carbonyl (C=O) groups excluding carboxylic acids is 1. The van der Waals surface area contributed by atoms with Gasteiger partial charge in [0.2, 0.25) is 0 Å². The number of para-hydroxylation sites is 1. The molecule has 2 unspecified atom stereocenters. The lowest BCUT2D eigenvalue weighted by molar-refractivity contribution is -0.150. The number of fused-ring (bicyclic) bond motifs is 1. The maximum atomic E-state index is 12.7. The minimum atomic E-state index is -1.64. The topological polar surface area (TPSA) is 63.6 Å². The molecule has 0 aromatic heterocycles. The summed E-state index contributed by atoms with van der Waals surface area (Å²) in [5.74, 6) is -1.18. The highest BCUT2D eigenvalue weighted by Crippen LogP contribution is 2.46. The van der Waals surface area contributed by atoms with Gasteiger partial charge >= 0.3 is 5.97 Å². The monoisotopic (exact) mass is 282 g/mol. The van der Waals surface area contributed by atoms with Gasteiger partial charge in [-0.25, -0.2) is 0 Å². The summed E-state index contributed by atoms with van der Waals surface area (Å²) in [5, 5.41) is 9.62. The lowest BCUT2D eigenvalue weighted by atomic mass is 9.73. The normalized spacial score (nSPS) is 24.0. The van der Waals surface area contributed by atoms with Gasteiger partial charge in [0.25, 0.3) is 0 Å². The summed E-state index contributed by atoms with van der Waals surface area (Å²) < 4.78 is 5.86. The first kappa shape index (κ1) is 13.4. The number of hydrogen-bond acceptors (Lipinski definition) is 3. The van der Waals surface area contributed by atoms with Crippen LogP contribution in [0.2, 0.25) is 0 Å². The van der Waals surface area contributed by atoms with Crippen molar-refractivity contribution in [2.45, 2.75) is 13.0 Å². The van der Waals surface area contributed by atoms with Gasteiger partial charge in [0.05, 0.1) is 5.56 Å². The van der Waals surface area contributed by atoms with Crippen molar-refractivity contribution < 1.29 is 19.4 Å². The SMILES string of the molecule is CC1(C(=O)O)C(=O)c2ccccc2OC1c1ccccc1. The van der Waals surface area contributed by atoms with Gasteiger partial charge in [0.1, 0.15) is 11.9 Å². The highest BCUT2D eigenvalue weighted by Gasteiger charge is 2.54. The Morgan fingerprint density at radius 2 is 1.71 bits per heavy atom. The highest BCUT2D eigenvalue weighted by atomic mass is 16.5. The average molecular weight is 282 g/mol. The Hall–Kier alpha value is -2.62. The molecule has 0 spiro atoms. The van der Waals surface area contributed by atoms with Gasteiger partial charge < -0.3 is 9.84 Å². The summed E-state index contributed by atoms with van der Waals surface area (Å²) in [6, 6.07) is 15.7. The summed E-state index contributed by atoms with van der Waals surface area (Å²) in [4.78, 5) is 24.5. The summed E-state index contributed by atoms with van der Waals surface area (Å²) in [7, 11) is 0. The van der Waals surface area contributed by atoms with Crippen LogP contribution < -0.4 is 4.74 Å². The van der Waals surface area contributed by atoms with E-state index in [9.17, 15) is 14.7 Å². The zero-order chi connectivity index (χ0) is 15.0. The lowest BCUT2D eigenvalue weighted by Gasteiger charge is -2.37. The molecule has 0 aliphatic carbocycles. The number of hydrogen-bond donors (Lipinski definition) is 1. The Bertz CT molecular complexity index is 708. The Kier molecular flexibility index (Phi) is 3.01. The quantitative estimate of drug-likeness (QED) is 0.860. The second-order valence-corrected chi connectivity index (χ2v) is 5.24. The van der Waals surface area contributed by atoms with Crippen molar-refractivity contribution in [3.8, 4) is 5.75 Å². The van der Waals surface area contributed by atoms with Gasteiger partial charge in [-0.3, -0.25) is 9.59 Å². The maximum absolute atomic E-state index is 12.7. The van der Waals surface area contributed by atoms with E-state index in [1.54, 1.807) is 48.5 Å². The standard InChI is InChI=1S/C17H14O4/c1-17(16(19)20)14(18)12-9-5-6-10-13(12)21-15(17)11-7-3-2-4-8-11/h2-10,15H,1H3,(H,19,20). The third kappa shape index (κ3) is 1.91. The van der Waals surface area contributed by atoms with Gasteiger partial charge in [-0.2, -0.15) is 0 Å². The largest absolute Gasteiger partial charge is 0.483 e. The molecular weight excluding hydrogens is 268 g/mol. The fourth-order valence-corrected chi connectivity index (χ4v) is 2.64. The van der Waals surface area contributed by atoms with Crippen molar-refractivity contribution >= 4 is 11.8 Å². The molecule has 0 saturated heterocycles. The van der Waals surface area contributed by atoms with Gasteiger partial charge in [0.15, 0.2) is 11.2 Å². The van der Waals surface area contributed by atoms with Crippen LogP contribution in [0.15, 0.2) is 54.6 Å². The molecule has 4 heteroatoms. The number of ether oxygens (including phenoxy) is 1. The number of rotatable bonds is 2. The molecule has 1 aliphatic rings. The first-order valence-corrected chi connectivity index (χ1v) is 6.64. The molecule has 2 aromatic carbocycles. The van der Waals surface area contributed by atoms with E-state index >= 15 is 0 Å². The van der Waals surface area contributed by atoms with E-state index in [1.165, 1.54) is 6.92 Å². The Balaban J connectivity index is 2.20. The van der Waals surface area contributed by atoms with Crippen LogP contribution in [0, 0.1) is 5.41 Å². The van der Waals surface area contributed by atoms with E-state index in [0.29, 0.717) is 16.9 Å². The van der Waals surface area contributed by atoms with E-state index in [2.05, 4.69) is 0 Å². The fraction of sp³-hybridized carbons (Fsp3) is 0.176. The van der Waals surface area contributed by atoms with Crippen LogP contribution in [0.25, 0.3) is 0 Å². The predicted octanol–water partition coefficient (Wildman–Crippen LogP) is 3.09. The first-order valence-electron chi connectivity index (χ1n) is 6.64. The fourth-order valence-electron chi connectivity index (χ4n) is 2.64. The number of benzene rings is 2. The van der Waals surface area contributed by atoms with E-state index in [0.717, 1.165) is 0 Å². The summed E-state index contributed by atoms with van der Waals surface area (Å²) in [6.07, 6.45) is -0.849. The Labute approximate surface area is 122 Å². The molecule has 0 radical (unpaired) electrons. The Morgan fingerprint density at radius 3 is 2.38 bits per heavy atom. The van der Waals surface area contributed by atoms with Crippen molar-refractivity contribution in [1.29, 1.82) is 0 Å². The smallest absolute Gasteiger partial charge is 0.321 e. The number of carbonyl (C=O) groups is 2. The highest BCUT2D eigenvalue weighted by molar-refractivity contribution is 6.14. The third-order valence-corrected chi connectivity index (χ3v) is 3.92. The van der Waals surface area contributed by atoms with Crippen LogP contribution in [0.5, 0.6) is 5.75 Å². The number of ketones is 1. The summed E-state index contributed by atoms with van der Waals surface area (Å²) >= 11 is 0. The molecule has 0 fully saturated rings. The van der Waals surface area contributed by atoms with Crippen molar-refractivity contribution in [2.75, 3.05) is 0 Å². The molecule has 4 nitrogen and oxygen atoms in total. The minimum absolute atomic E-state index is 0.314. The second kappa shape index (κ2) is 4.74. The molecule has 21 heavy (non-hydrogen) atoms. The van der Waals surface area contributed by atoms with Crippen molar-refractivity contribution in [3.05, 3.63) is 65.7 Å². The average Bonchev–Trinajstić information content (AvgIpc) is 2.51. The van der Waals surface area contributed by atoms with Crippen LogP contribution in [-0.2, 0) is 4.79 Å². The molecule has 0 bridgehead atoms. The third-order valence-electron chi connectivity index (χ3n) is 3.92. The molecule has 1 N–H and O–H groups in total. The van der Waals surface area contributed by atoms with E-state index in [4.69, 9.17) is 4.74 Å². The number of carboxylic acid groups (broad SMARTS) is 1. The van der Waals surface area contributed by atoms with Crippen molar-refractivity contribution in [1.82, 2.24) is 0 Å². The zero-order valence-corrected chi connectivity index (χ0v) is 11.4. The Morgan fingerprint density at radius 1 is 1.10 bits per heavy atom. The molecule has 0 saturated carbocycles. The van der Waals surface area contributed by atoms with Crippen molar-refractivity contribution in [3.63, 3.8) is 0 Å². The van der Waals surface area contributed by atoms with Crippen LogP contribution in [0.4, 0.5) is 0 Å². The van der Waals surface area contributed by atoms with E-state index < -0.39 is 23.3 Å². The second-order valence-electron chi connectivity index (χ2n) is 5.24. The van der Waals surface area contributed by atoms with E-state index in [-0.39, 0.29) is 0 Å². The lowest BCUT2D eigenvalue weighted by Crippen LogP contribution is -2.47. The van der Waals surface area contributed by atoms with Crippen LogP contribution in [-0.4, -0.2) is 16.9 Å². The number of carboxylic acids is 1. The molecular formula is C17H14O4. The maximum Gasteiger partial charge on any atom is 0.321 e. The van der Waals surface area contributed by atoms with Gasteiger partial charge in [-0.15, -0.1) is 0 Å². The van der Waals surface area contributed by atoms with Gasteiger partial charge in [0, 0.05) is 0 Å². The summed E-state index contributed by atoms with van der Waals surface area (Å²) in [6.45, 7) is 1.42. The number of Topliss-reactive ketones (excluding diaryl/α,β-unsaturated/α-hetero) is 1. The van der Waals surface area contributed by atoms with E-state index in [1.807, 2.05) is 6.07 Å². The molecule has 2 atom stereocenters. The molecule has 106 valence electrons. The molecule has 2 aromatic rings. The summed E-state index contributed by atoms with van der Waals surface area (Å²) in [5.41, 5.74) is -0.657. The first-order chi connectivity index (χ1) is 10.0. The van der Waals surface area contributed by atoms with Crippen molar-refractivity contribution in [2.24, 2.45) is 5.41 Å². The van der Waals surface area contributed by atoms with Gasteiger partial charge in [-0.1, -0.05) is 42.5 Å².